The lowest BCUT2D eigenvalue weighted by atomic mass is 9.80. The van der Waals surface area contributed by atoms with E-state index in [1.54, 1.807) is 43.3 Å². The van der Waals surface area contributed by atoms with Crippen LogP contribution in [0.4, 0.5) is 0 Å². The predicted octanol–water partition coefficient (Wildman–Crippen LogP) is 2.53. The third-order valence-corrected chi connectivity index (χ3v) is 3.76. The zero-order valence-electron chi connectivity index (χ0n) is 12.4. The monoisotopic (exact) mass is 332 g/mol. The molecule has 0 aliphatic carbocycles. The molecule has 5 nitrogen and oxygen atoms in total. The van der Waals surface area contributed by atoms with Crippen LogP contribution in [0.15, 0.2) is 36.4 Å². The molecule has 0 aromatic heterocycles. The Kier molecular flexibility index (Phi) is 4.57. The Bertz CT molecular complexity index is 749. The van der Waals surface area contributed by atoms with Gasteiger partial charge in [-0.2, -0.15) is 0 Å². The van der Waals surface area contributed by atoms with Crippen LogP contribution in [0.3, 0.4) is 0 Å². The first-order chi connectivity index (χ1) is 11.1. The van der Waals surface area contributed by atoms with Crippen LogP contribution < -0.4 is 10.2 Å². The zero-order chi connectivity index (χ0) is 16.4. The molecule has 1 heterocycles. The summed E-state index contributed by atoms with van der Waals surface area (Å²) in [6, 6.07) is 10.1. The van der Waals surface area contributed by atoms with Gasteiger partial charge in [0.2, 0.25) is 0 Å². The van der Waals surface area contributed by atoms with Crippen LogP contribution in [0.25, 0.3) is 0 Å². The molecule has 1 aliphatic rings. The molecule has 0 fully saturated rings. The minimum atomic E-state index is -0.877. The summed E-state index contributed by atoms with van der Waals surface area (Å²) in [6.07, 6.45) is 0. The highest BCUT2D eigenvalue weighted by Gasteiger charge is 2.27. The Hall–Kier alpha value is -2.02. The van der Waals surface area contributed by atoms with Crippen LogP contribution in [-0.2, 0) is 16.0 Å². The van der Waals surface area contributed by atoms with Crippen molar-refractivity contribution in [3.8, 4) is 11.5 Å². The van der Waals surface area contributed by atoms with E-state index in [1.807, 2.05) is 0 Å². The van der Waals surface area contributed by atoms with Gasteiger partial charge < -0.3 is 19.2 Å². The van der Waals surface area contributed by atoms with Crippen LogP contribution in [0.1, 0.15) is 22.8 Å². The smallest absolute Gasteiger partial charge is 0.462 e. The molecule has 0 spiro atoms. The number of halogens is 1. The van der Waals surface area contributed by atoms with Gasteiger partial charge in [0.05, 0.1) is 23.8 Å². The van der Waals surface area contributed by atoms with Gasteiger partial charge in [0, 0.05) is 6.07 Å². The predicted molar refractivity (Wildman–Crippen MR) is 86.3 cm³/mol. The first-order valence-corrected chi connectivity index (χ1v) is 7.53. The van der Waals surface area contributed by atoms with Crippen LogP contribution >= 0.6 is 11.6 Å². The number of hydrogen-bond donors (Lipinski definition) is 1. The summed E-state index contributed by atoms with van der Waals surface area (Å²) in [7, 11) is -0.877. The lowest BCUT2D eigenvalue weighted by Crippen LogP contribution is -2.27. The summed E-state index contributed by atoms with van der Waals surface area (Å²) in [5, 5.41) is 9.87. The highest BCUT2D eigenvalue weighted by Crippen LogP contribution is 2.28. The van der Waals surface area contributed by atoms with Gasteiger partial charge in [-0.05, 0) is 42.2 Å². The third-order valence-electron chi connectivity index (χ3n) is 3.45. The maximum atomic E-state index is 11.7. The number of benzene rings is 2. The average molecular weight is 333 g/mol. The minimum absolute atomic E-state index is 0.265. The van der Waals surface area contributed by atoms with Gasteiger partial charge in [0.1, 0.15) is 11.5 Å². The number of ether oxygens (including phenoxy) is 2. The van der Waals surface area contributed by atoms with Crippen molar-refractivity contribution in [1.29, 1.82) is 0 Å². The molecule has 0 saturated carbocycles. The molecule has 0 atom stereocenters. The standard InChI is InChI=1S/C16H14BClO5/c1-2-21-16(19)13-5-3-12(8-15(13)18)23-11-4-6-14-10(7-11)9-22-17(14)20/h3-8,20H,2,9H2,1H3. The minimum Gasteiger partial charge on any atom is -0.462 e. The van der Waals surface area contributed by atoms with Gasteiger partial charge in [0.25, 0.3) is 0 Å². The Morgan fingerprint density at radius 3 is 2.78 bits per heavy atom. The molecule has 0 radical (unpaired) electrons. The molecule has 1 aliphatic heterocycles. The van der Waals surface area contributed by atoms with Gasteiger partial charge in [-0.3, -0.25) is 0 Å². The summed E-state index contributed by atoms with van der Waals surface area (Å²) in [4.78, 5) is 11.7. The molecule has 0 unspecified atom stereocenters. The Balaban J connectivity index is 1.78. The molecule has 0 saturated heterocycles. The quantitative estimate of drug-likeness (QED) is 0.688. The van der Waals surface area contributed by atoms with Crippen molar-refractivity contribution in [1.82, 2.24) is 0 Å². The van der Waals surface area contributed by atoms with Crippen molar-refractivity contribution in [2.45, 2.75) is 13.5 Å². The maximum absolute atomic E-state index is 11.7. The molecule has 1 N–H and O–H groups in total. The molecule has 2 aromatic carbocycles. The molecule has 0 amide bonds. The Labute approximate surface area is 138 Å². The van der Waals surface area contributed by atoms with E-state index in [1.165, 1.54) is 0 Å². The lowest BCUT2D eigenvalue weighted by Gasteiger charge is -2.09. The summed E-state index contributed by atoms with van der Waals surface area (Å²) >= 11 is 6.11. The highest BCUT2D eigenvalue weighted by molar-refractivity contribution is 6.61. The average Bonchev–Trinajstić information content (AvgIpc) is 2.88. The molecule has 3 rings (SSSR count). The van der Waals surface area contributed by atoms with E-state index in [0.29, 0.717) is 23.7 Å². The van der Waals surface area contributed by atoms with Crippen molar-refractivity contribution in [3.63, 3.8) is 0 Å². The van der Waals surface area contributed by atoms with Gasteiger partial charge in [0.15, 0.2) is 0 Å². The van der Waals surface area contributed by atoms with Gasteiger partial charge >= 0.3 is 13.1 Å². The van der Waals surface area contributed by atoms with E-state index >= 15 is 0 Å². The first-order valence-electron chi connectivity index (χ1n) is 7.15. The lowest BCUT2D eigenvalue weighted by molar-refractivity contribution is 0.0526. The normalized spacial score (nSPS) is 12.9. The first kappa shape index (κ1) is 15.9. The van der Waals surface area contributed by atoms with Gasteiger partial charge in [-0.1, -0.05) is 17.7 Å². The number of esters is 1. The zero-order valence-corrected chi connectivity index (χ0v) is 13.2. The number of hydrogen-bond acceptors (Lipinski definition) is 5. The highest BCUT2D eigenvalue weighted by atomic mass is 35.5. The number of rotatable bonds is 4. The Morgan fingerprint density at radius 2 is 2.04 bits per heavy atom. The van der Waals surface area contributed by atoms with Crippen molar-refractivity contribution in [3.05, 3.63) is 52.5 Å². The van der Waals surface area contributed by atoms with Crippen molar-refractivity contribution >= 4 is 30.2 Å². The molecule has 7 heteroatoms. The largest absolute Gasteiger partial charge is 0.491 e. The van der Waals surface area contributed by atoms with Crippen LogP contribution in [0.2, 0.25) is 5.02 Å². The molecule has 23 heavy (non-hydrogen) atoms. The maximum Gasteiger partial charge on any atom is 0.491 e. The van der Waals surface area contributed by atoms with E-state index in [-0.39, 0.29) is 11.6 Å². The molecular weight excluding hydrogens is 318 g/mol. The van der Waals surface area contributed by atoms with E-state index < -0.39 is 13.1 Å². The van der Waals surface area contributed by atoms with E-state index in [4.69, 9.17) is 25.7 Å². The molecule has 0 bridgehead atoms. The van der Waals surface area contributed by atoms with E-state index in [2.05, 4.69) is 0 Å². The molecule has 118 valence electrons. The third kappa shape index (κ3) is 3.34. The fraction of sp³-hybridized carbons (Fsp3) is 0.188. The molecule has 2 aromatic rings. The van der Waals surface area contributed by atoms with E-state index in [0.717, 1.165) is 11.0 Å². The second-order valence-electron chi connectivity index (χ2n) is 4.99. The topological polar surface area (TPSA) is 65.0 Å². The Morgan fingerprint density at radius 1 is 1.30 bits per heavy atom. The van der Waals surface area contributed by atoms with Gasteiger partial charge in [-0.25, -0.2) is 4.79 Å². The number of carbonyl (C=O) groups excluding carboxylic acids is 1. The van der Waals surface area contributed by atoms with Crippen LogP contribution in [0.5, 0.6) is 11.5 Å². The summed E-state index contributed by atoms with van der Waals surface area (Å²) in [6.45, 7) is 2.37. The fourth-order valence-corrected chi connectivity index (χ4v) is 2.59. The van der Waals surface area contributed by atoms with Crippen molar-refractivity contribution in [2.75, 3.05) is 6.61 Å². The SMILES string of the molecule is CCOC(=O)c1ccc(Oc2ccc3c(c2)COB3O)cc1Cl. The number of fused-ring (bicyclic) bond motifs is 1. The van der Waals surface area contributed by atoms with Gasteiger partial charge in [-0.15, -0.1) is 0 Å². The summed E-state index contributed by atoms with van der Waals surface area (Å²) < 4.78 is 15.8. The molecular formula is C16H14BClO5. The summed E-state index contributed by atoms with van der Waals surface area (Å²) in [5.41, 5.74) is 1.92. The number of carbonyl (C=O) groups is 1. The van der Waals surface area contributed by atoms with Crippen molar-refractivity contribution in [2.24, 2.45) is 0 Å². The van der Waals surface area contributed by atoms with Crippen LogP contribution in [0, 0.1) is 0 Å². The van der Waals surface area contributed by atoms with E-state index in [9.17, 15) is 9.82 Å². The summed E-state index contributed by atoms with van der Waals surface area (Å²) in [5.74, 6) is 0.636. The second kappa shape index (κ2) is 6.62. The fourth-order valence-electron chi connectivity index (χ4n) is 2.34. The van der Waals surface area contributed by atoms with Crippen molar-refractivity contribution < 1.29 is 23.9 Å². The van der Waals surface area contributed by atoms with Crippen LogP contribution in [-0.4, -0.2) is 24.7 Å². The second-order valence-corrected chi connectivity index (χ2v) is 5.40.